The quantitative estimate of drug-likeness (QED) is 0.483. The molecule has 0 radical (unpaired) electrons. The van der Waals surface area contributed by atoms with Crippen LogP contribution in [-0.4, -0.2) is 45.3 Å². The highest BCUT2D eigenvalue weighted by atomic mass is 16.4. The van der Waals surface area contributed by atoms with E-state index in [1.807, 2.05) is 20.8 Å². The van der Waals surface area contributed by atoms with E-state index in [0.29, 0.717) is 5.92 Å². The molecule has 0 aromatic rings. The van der Waals surface area contributed by atoms with Crippen LogP contribution in [0.2, 0.25) is 0 Å². The second kappa shape index (κ2) is 6.35. The summed E-state index contributed by atoms with van der Waals surface area (Å²) in [6, 6.07) is 0. The van der Waals surface area contributed by atoms with E-state index in [4.69, 9.17) is 10.2 Å². The van der Waals surface area contributed by atoms with Gasteiger partial charge < -0.3 is 20.4 Å². The third-order valence-corrected chi connectivity index (χ3v) is 2.36. The van der Waals surface area contributed by atoms with Crippen LogP contribution in [0.1, 0.15) is 27.2 Å². The van der Waals surface area contributed by atoms with Crippen LogP contribution in [0.3, 0.4) is 0 Å². The molecule has 0 aliphatic heterocycles. The van der Waals surface area contributed by atoms with Crippen molar-refractivity contribution in [2.24, 2.45) is 11.8 Å². The molecule has 4 heteroatoms. The molecule has 0 spiro atoms. The molecule has 0 unspecified atom stereocenters. The Balaban J connectivity index is 4.09. The van der Waals surface area contributed by atoms with E-state index in [-0.39, 0.29) is 5.92 Å². The minimum Gasteiger partial charge on any atom is -0.394 e. The number of hydrogen-bond acceptors (Lipinski definition) is 4. The SMILES string of the molecule is CC(C)C[C@@H](C)[C@@H](O)[C@H](O)[C@H](O)CO. The molecule has 4 nitrogen and oxygen atoms in total. The van der Waals surface area contributed by atoms with Crippen LogP contribution in [-0.2, 0) is 0 Å². The van der Waals surface area contributed by atoms with Gasteiger partial charge >= 0.3 is 0 Å². The first-order valence-corrected chi connectivity index (χ1v) is 5.05. The van der Waals surface area contributed by atoms with Crippen LogP contribution in [0.15, 0.2) is 0 Å². The van der Waals surface area contributed by atoms with Crippen LogP contribution >= 0.6 is 0 Å². The summed E-state index contributed by atoms with van der Waals surface area (Å²) in [5.41, 5.74) is 0. The lowest BCUT2D eigenvalue weighted by molar-refractivity contribution is -0.0943. The zero-order valence-corrected chi connectivity index (χ0v) is 9.09. The van der Waals surface area contributed by atoms with Crippen molar-refractivity contribution in [3.63, 3.8) is 0 Å². The second-order valence-electron chi connectivity index (χ2n) is 4.34. The van der Waals surface area contributed by atoms with E-state index in [1.165, 1.54) is 0 Å². The van der Waals surface area contributed by atoms with Gasteiger partial charge in [-0.25, -0.2) is 0 Å². The van der Waals surface area contributed by atoms with Gasteiger partial charge in [-0.15, -0.1) is 0 Å². The maximum atomic E-state index is 9.62. The van der Waals surface area contributed by atoms with Crippen molar-refractivity contribution in [3.8, 4) is 0 Å². The lowest BCUT2D eigenvalue weighted by atomic mass is 9.89. The number of hydrogen-bond donors (Lipinski definition) is 4. The average Bonchev–Trinajstić information content (AvgIpc) is 2.13. The van der Waals surface area contributed by atoms with Crippen LogP contribution in [0, 0.1) is 11.8 Å². The minimum absolute atomic E-state index is 0.0915. The summed E-state index contributed by atoms with van der Waals surface area (Å²) in [5.74, 6) is 0.337. The summed E-state index contributed by atoms with van der Waals surface area (Å²) in [6.07, 6.45) is -2.75. The van der Waals surface area contributed by atoms with Gasteiger partial charge in [0.25, 0.3) is 0 Å². The molecular formula is C10H22O4. The Hall–Kier alpha value is -0.160. The highest BCUT2D eigenvalue weighted by Crippen LogP contribution is 2.18. The predicted molar refractivity (Wildman–Crippen MR) is 53.7 cm³/mol. The van der Waals surface area contributed by atoms with E-state index in [0.717, 1.165) is 6.42 Å². The molecule has 0 saturated heterocycles. The summed E-state index contributed by atoms with van der Waals surface area (Å²) in [4.78, 5) is 0. The topological polar surface area (TPSA) is 80.9 Å². The maximum Gasteiger partial charge on any atom is 0.108 e. The number of aliphatic hydroxyl groups is 4. The lowest BCUT2D eigenvalue weighted by Crippen LogP contribution is -2.43. The Kier molecular flexibility index (Phi) is 6.27. The third kappa shape index (κ3) is 4.37. The zero-order chi connectivity index (χ0) is 11.3. The van der Waals surface area contributed by atoms with Crippen molar-refractivity contribution in [2.45, 2.75) is 45.5 Å². The summed E-state index contributed by atoms with van der Waals surface area (Å²) in [7, 11) is 0. The molecular weight excluding hydrogens is 184 g/mol. The first kappa shape index (κ1) is 13.8. The van der Waals surface area contributed by atoms with Crippen LogP contribution in [0.4, 0.5) is 0 Å². The summed E-state index contributed by atoms with van der Waals surface area (Å²) >= 11 is 0. The van der Waals surface area contributed by atoms with E-state index in [1.54, 1.807) is 0 Å². The van der Waals surface area contributed by atoms with Gasteiger partial charge in [0.05, 0.1) is 12.7 Å². The summed E-state index contributed by atoms with van der Waals surface area (Å²) < 4.78 is 0. The summed E-state index contributed by atoms with van der Waals surface area (Å²) in [6.45, 7) is 5.33. The van der Waals surface area contributed by atoms with Gasteiger partial charge in [0.2, 0.25) is 0 Å². The fourth-order valence-electron chi connectivity index (χ4n) is 1.56. The Morgan fingerprint density at radius 2 is 1.43 bits per heavy atom. The molecule has 4 atom stereocenters. The zero-order valence-electron chi connectivity index (χ0n) is 9.09. The Morgan fingerprint density at radius 1 is 0.929 bits per heavy atom. The van der Waals surface area contributed by atoms with Gasteiger partial charge in [0.15, 0.2) is 0 Å². The monoisotopic (exact) mass is 206 g/mol. The van der Waals surface area contributed by atoms with Crippen molar-refractivity contribution in [3.05, 3.63) is 0 Å². The van der Waals surface area contributed by atoms with Crippen molar-refractivity contribution < 1.29 is 20.4 Å². The van der Waals surface area contributed by atoms with Crippen LogP contribution in [0.5, 0.6) is 0 Å². The lowest BCUT2D eigenvalue weighted by Gasteiger charge is -2.27. The molecule has 0 heterocycles. The minimum atomic E-state index is -1.27. The molecule has 0 aromatic heterocycles. The number of aliphatic hydroxyl groups excluding tert-OH is 4. The van der Waals surface area contributed by atoms with Gasteiger partial charge in [-0.1, -0.05) is 20.8 Å². The number of rotatable bonds is 6. The van der Waals surface area contributed by atoms with Crippen molar-refractivity contribution in [2.75, 3.05) is 6.61 Å². The predicted octanol–water partition coefficient (Wildman–Crippen LogP) is -0.256. The van der Waals surface area contributed by atoms with Crippen LogP contribution in [0.25, 0.3) is 0 Å². The molecule has 0 aromatic carbocycles. The van der Waals surface area contributed by atoms with E-state index < -0.39 is 24.9 Å². The normalized spacial score (nSPS) is 20.6. The Labute approximate surface area is 85.2 Å². The van der Waals surface area contributed by atoms with Gasteiger partial charge in [-0.3, -0.25) is 0 Å². The largest absolute Gasteiger partial charge is 0.394 e. The highest BCUT2D eigenvalue weighted by Gasteiger charge is 2.28. The smallest absolute Gasteiger partial charge is 0.108 e. The van der Waals surface area contributed by atoms with Crippen molar-refractivity contribution >= 4 is 0 Å². The second-order valence-corrected chi connectivity index (χ2v) is 4.34. The molecule has 0 amide bonds. The third-order valence-electron chi connectivity index (χ3n) is 2.36. The Bertz CT molecular complexity index is 149. The van der Waals surface area contributed by atoms with Crippen LogP contribution < -0.4 is 0 Å². The van der Waals surface area contributed by atoms with Gasteiger partial charge in [0, 0.05) is 0 Å². The van der Waals surface area contributed by atoms with E-state index in [2.05, 4.69) is 0 Å². The fraction of sp³-hybridized carbons (Fsp3) is 1.00. The molecule has 14 heavy (non-hydrogen) atoms. The molecule has 0 rings (SSSR count). The molecule has 0 bridgehead atoms. The molecule has 0 aliphatic carbocycles. The van der Waals surface area contributed by atoms with Gasteiger partial charge in [-0.2, -0.15) is 0 Å². The molecule has 0 aliphatic rings. The van der Waals surface area contributed by atoms with E-state index in [9.17, 15) is 10.2 Å². The standard InChI is InChI=1S/C10H22O4/c1-6(2)4-7(3)9(13)10(14)8(12)5-11/h6-14H,4-5H2,1-3H3/t7-,8-,9-,10-/m1/s1. The summed E-state index contributed by atoms with van der Waals surface area (Å²) in [5, 5.41) is 36.7. The highest BCUT2D eigenvalue weighted by molar-refractivity contribution is 4.79. The van der Waals surface area contributed by atoms with Gasteiger partial charge in [-0.05, 0) is 18.3 Å². The first-order valence-electron chi connectivity index (χ1n) is 5.05. The average molecular weight is 206 g/mol. The van der Waals surface area contributed by atoms with Crippen molar-refractivity contribution in [1.29, 1.82) is 0 Å². The fourth-order valence-corrected chi connectivity index (χ4v) is 1.56. The van der Waals surface area contributed by atoms with Crippen molar-refractivity contribution in [1.82, 2.24) is 0 Å². The Morgan fingerprint density at radius 3 is 1.79 bits per heavy atom. The first-order chi connectivity index (χ1) is 6.40. The molecule has 4 N–H and O–H groups in total. The van der Waals surface area contributed by atoms with E-state index >= 15 is 0 Å². The molecule has 0 fully saturated rings. The van der Waals surface area contributed by atoms with Gasteiger partial charge in [0.1, 0.15) is 12.2 Å². The maximum absolute atomic E-state index is 9.62. The molecule has 86 valence electrons. The molecule has 0 saturated carbocycles.